The predicted octanol–water partition coefficient (Wildman–Crippen LogP) is 2.30. The number of terminal acetylenes is 1. The number of fused-ring (bicyclic) bond motifs is 1. The number of carbonyl (C=O) groups excluding carboxylic acids is 5. The summed E-state index contributed by atoms with van der Waals surface area (Å²) in [5, 5.41) is 5.11. The van der Waals surface area contributed by atoms with E-state index in [2.05, 4.69) is 34.4 Å². The van der Waals surface area contributed by atoms with E-state index < -0.39 is 81.2 Å². The van der Waals surface area contributed by atoms with Crippen LogP contribution in [0.15, 0.2) is 79.9 Å². The van der Waals surface area contributed by atoms with Crippen LogP contribution >= 0.6 is 0 Å². The molecule has 0 radical (unpaired) electrons. The van der Waals surface area contributed by atoms with E-state index in [-0.39, 0.29) is 25.9 Å². The summed E-state index contributed by atoms with van der Waals surface area (Å²) in [6.07, 6.45) is 6.66. The molecule has 58 heavy (non-hydrogen) atoms. The van der Waals surface area contributed by atoms with Gasteiger partial charge in [0.15, 0.2) is 6.61 Å². The number of nitrogens with one attached hydrogen (secondary N) is 3. The Morgan fingerprint density at radius 2 is 1.86 bits per heavy atom. The van der Waals surface area contributed by atoms with Crippen LogP contribution in [0.2, 0.25) is 0 Å². The number of aromatic nitrogens is 1. The van der Waals surface area contributed by atoms with Gasteiger partial charge in [-0.05, 0) is 37.5 Å². The van der Waals surface area contributed by atoms with Crippen LogP contribution in [0.5, 0.6) is 11.5 Å². The van der Waals surface area contributed by atoms with Crippen molar-refractivity contribution in [1.29, 1.82) is 0 Å². The minimum absolute atomic E-state index is 0.0727. The van der Waals surface area contributed by atoms with Gasteiger partial charge in [0, 0.05) is 42.5 Å². The van der Waals surface area contributed by atoms with Gasteiger partial charge < -0.3 is 34.6 Å². The zero-order valence-electron chi connectivity index (χ0n) is 32.0. The summed E-state index contributed by atoms with van der Waals surface area (Å²) in [4.78, 5) is 75.0. The van der Waals surface area contributed by atoms with Gasteiger partial charge in [-0.2, -0.15) is 0 Å². The Balaban J connectivity index is 1.35. The molecule has 3 N–H and O–H groups in total. The number of likely N-dealkylation sites (tertiary alicyclic amines) is 1. The lowest BCUT2D eigenvalue weighted by atomic mass is 10.1. The minimum Gasteiger partial charge on any atom is -0.497 e. The zero-order chi connectivity index (χ0) is 41.8. The molecule has 3 aliphatic rings. The van der Waals surface area contributed by atoms with Gasteiger partial charge in [-0.25, -0.2) is 18.2 Å². The first-order valence-corrected chi connectivity index (χ1v) is 20.0. The zero-order valence-corrected chi connectivity index (χ0v) is 32.8. The van der Waals surface area contributed by atoms with Crippen LogP contribution in [0.25, 0.3) is 22.2 Å². The fourth-order valence-corrected chi connectivity index (χ4v) is 8.29. The van der Waals surface area contributed by atoms with Crippen molar-refractivity contribution in [3.63, 3.8) is 0 Å². The number of ether oxygens (including phenoxy) is 3. The number of hydrogen-bond acceptors (Lipinski definition) is 11. The SMILES string of the molecule is C#CCOC(=O)NC(CN(C)C(=O)C=C)C(=O)N1CC(Oc2cc(-c3ccccc3)nc3cc(OC)ccc23)CC1C(=O)NC1(C(=O)NS(=O)(=O)C2CC2)CC1C=C. The Hall–Kier alpha value is -6.41. The second kappa shape index (κ2) is 17.0. The fourth-order valence-electron chi connectivity index (χ4n) is 6.93. The summed E-state index contributed by atoms with van der Waals surface area (Å²) in [6.45, 7) is 6.29. The lowest BCUT2D eigenvalue weighted by molar-refractivity contribution is -0.141. The molecule has 2 aromatic carbocycles. The molecular formula is C41H44N6O10S. The third-order valence-corrected chi connectivity index (χ3v) is 12.1. The first-order chi connectivity index (χ1) is 27.7. The molecule has 5 unspecified atom stereocenters. The normalized spacial score (nSPS) is 21.4. The lowest BCUT2D eigenvalue weighted by Crippen LogP contribution is -2.59. The number of nitrogens with zero attached hydrogens (tertiary/aromatic N) is 3. The van der Waals surface area contributed by atoms with E-state index >= 15 is 0 Å². The van der Waals surface area contributed by atoms with Crippen LogP contribution in [0.3, 0.4) is 0 Å². The molecule has 304 valence electrons. The first kappa shape index (κ1) is 41.2. The highest BCUT2D eigenvalue weighted by atomic mass is 32.2. The van der Waals surface area contributed by atoms with E-state index in [9.17, 15) is 32.4 Å². The molecule has 2 aliphatic carbocycles. The molecule has 5 atom stereocenters. The number of amides is 5. The average Bonchev–Trinajstić information content (AvgIpc) is 4.15. The summed E-state index contributed by atoms with van der Waals surface area (Å²) < 4.78 is 44.7. The monoisotopic (exact) mass is 812 g/mol. The number of pyridine rings is 1. The first-order valence-electron chi connectivity index (χ1n) is 18.5. The maximum Gasteiger partial charge on any atom is 0.408 e. The molecule has 0 spiro atoms. The van der Waals surface area contributed by atoms with Crippen LogP contribution < -0.4 is 24.8 Å². The van der Waals surface area contributed by atoms with Crippen LogP contribution in [0.4, 0.5) is 4.79 Å². The number of sulfonamides is 1. The van der Waals surface area contributed by atoms with Gasteiger partial charge in [0.25, 0.3) is 5.91 Å². The Bertz CT molecular complexity index is 2290. The molecule has 5 amide bonds. The van der Waals surface area contributed by atoms with Crippen LogP contribution in [0, 0.1) is 18.3 Å². The van der Waals surface area contributed by atoms with Gasteiger partial charge in [-0.1, -0.05) is 48.9 Å². The smallest absolute Gasteiger partial charge is 0.408 e. The van der Waals surface area contributed by atoms with E-state index in [1.54, 1.807) is 24.3 Å². The predicted molar refractivity (Wildman–Crippen MR) is 212 cm³/mol. The topological polar surface area (TPSA) is 203 Å². The second-order valence-electron chi connectivity index (χ2n) is 14.3. The summed E-state index contributed by atoms with van der Waals surface area (Å²) in [6, 6.07) is 13.7. The van der Waals surface area contributed by atoms with E-state index in [1.807, 2.05) is 30.3 Å². The van der Waals surface area contributed by atoms with Crippen molar-refractivity contribution in [1.82, 2.24) is 30.1 Å². The van der Waals surface area contributed by atoms with Gasteiger partial charge >= 0.3 is 6.09 Å². The molecular weight excluding hydrogens is 769 g/mol. The fraction of sp³-hybridized carbons (Fsp3) is 0.366. The molecule has 1 aromatic heterocycles. The third kappa shape index (κ3) is 8.92. The van der Waals surface area contributed by atoms with E-state index in [0.717, 1.165) is 16.5 Å². The number of methoxy groups -OCH3 is 1. The lowest BCUT2D eigenvalue weighted by Gasteiger charge is -2.31. The van der Waals surface area contributed by atoms with Crippen molar-refractivity contribution in [3.05, 3.63) is 79.9 Å². The average molecular weight is 813 g/mol. The van der Waals surface area contributed by atoms with Crippen LogP contribution in [0.1, 0.15) is 25.7 Å². The number of hydrogen-bond donors (Lipinski definition) is 3. The Morgan fingerprint density at radius 1 is 1.12 bits per heavy atom. The molecule has 6 rings (SSSR count). The maximum absolute atomic E-state index is 14.6. The molecule has 17 heteroatoms. The van der Waals surface area contributed by atoms with Crippen molar-refractivity contribution in [2.24, 2.45) is 5.92 Å². The van der Waals surface area contributed by atoms with Gasteiger partial charge in [0.2, 0.25) is 27.7 Å². The van der Waals surface area contributed by atoms with Crippen LogP contribution in [-0.4, -0.2) is 116 Å². The molecule has 3 fully saturated rings. The van der Waals surface area contributed by atoms with E-state index in [1.165, 1.54) is 25.1 Å². The number of benzene rings is 2. The molecule has 0 bridgehead atoms. The van der Waals surface area contributed by atoms with Crippen molar-refractivity contribution in [2.75, 3.05) is 33.9 Å². The van der Waals surface area contributed by atoms with E-state index in [4.69, 9.17) is 25.6 Å². The van der Waals surface area contributed by atoms with E-state index in [0.29, 0.717) is 40.9 Å². The highest BCUT2D eigenvalue weighted by molar-refractivity contribution is 7.91. The Morgan fingerprint density at radius 3 is 2.50 bits per heavy atom. The second-order valence-corrected chi connectivity index (χ2v) is 16.3. The molecule has 1 aliphatic heterocycles. The standard InChI is InChI=1S/C41H44N6O10S/c1-6-18-56-40(52)43-33(24-46(4)36(48)8-3)38(50)47-23-28(20-34(47)37(49)44-41(22-26(41)7-2)39(51)45-58(53,54)29-15-16-29)57-35-21-31(25-12-10-9-11-13-25)42-32-19-27(55-5)14-17-30(32)35/h1,7-14,17,19,21,26,28-29,33-34H,2-3,15-16,18,20,22-24H2,4-5H3,(H,43,52)(H,44,49)(H,45,51). The van der Waals surface area contributed by atoms with Crippen molar-refractivity contribution < 1.29 is 46.6 Å². The minimum atomic E-state index is -3.97. The molecule has 3 aromatic rings. The van der Waals surface area contributed by atoms with Gasteiger partial charge in [-0.3, -0.25) is 23.9 Å². The van der Waals surface area contributed by atoms with Crippen molar-refractivity contribution in [2.45, 2.75) is 54.7 Å². The summed E-state index contributed by atoms with van der Waals surface area (Å²) in [5.41, 5.74) is 0.292. The molecule has 1 saturated heterocycles. The number of carbonyl (C=O) groups is 5. The Kier molecular flexibility index (Phi) is 12.1. The Labute approximate surface area is 336 Å². The van der Waals surface area contributed by atoms with Gasteiger partial charge in [-0.15, -0.1) is 13.0 Å². The quantitative estimate of drug-likeness (QED) is 0.109. The molecule has 2 heterocycles. The number of alkyl carbamates (subject to hydrolysis) is 1. The maximum atomic E-state index is 14.6. The summed E-state index contributed by atoms with van der Waals surface area (Å²) >= 11 is 0. The van der Waals surface area contributed by atoms with Gasteiger partial charge in [0.05, 0.1) is 36.7 Å². The van der Waals surface area contributed by atoms with Gasteiger partial charge in [0.1, 0.15) is 35.2 Å². The number of rotatable bonds is 16. The summed E-state index contributed by atoms with van der Waals surface area (Å²) in [5.74, 6) is -0.505. The largest absolute Gasteiger partial charge is 0.497 e. The van der Waals surface area contributed by atoms with Crippen molar-refractivity contribution >= 4 is 50.6 Å². The number of likely N-dealkylation sites (N-methyl/N-ethyl adjacent to an activating group) is 1. The van der Waals surface area contributed by atoms with Crippen LogP contribution in [-0.2, 0) is 33.9 Å². The molecule has 16 nitrogen and oxygen atoms in total. The highest BCUT2D eigenvalue weighted by Crippen LogP contribution is 2.45. The third-order valence-electron chi connectivity index (χ3n) is 10.3. The molecule has 2 saturated carbocycles. The highest BCUT2D eigenvalue weighted by Gasteiger charge is 2.62. The summed E-state index contributed by atoms with van der Waals surface area (Å²) in [7, 11) is -1.03. The van der Waals surface area contributed by atoms with Crippen molar-refractivity contribution in [3.8, 4) is 35.1 Å².